The molecule has 0 aliphatic carbocycles. The summed E-state index contributed by atoms with van der Waals surface area (Å²) >= 11 is 3.38. The summed E-state index contributed by atoms with van der Waals surface area (Å²) in [6, 6.07) is 5.17. The quantitative estimate of drug-likeness (QED) is 0.548. The van der Waals surface area contributed by atoms with E-state index in [1.165, 1.54) is 18.0 Å². The lowest BCUT2D eigenvalue weighted by Crippen LogP contribution is -2.27. The molecular formula is C17H20BrN3O4. The molecule has 0 aliphatic rings. The predicted octanol–water partition coefficient (Wildman–Crippen LogP) is 1.97. The van der Waals surface area contributed by atoms with Gasteiger partial charge in [-0.15, -0.1) is 0 Å². The average molecular weight is 410 g/mol. The van der Waals surface area contributed by atoms with Crippen LogP contribution in [0.4, 0.5) is 0 Å². The summed E-state index contributed by atoms with van der Waals surface area (Å²) in [6.45, 7) is 2.07. The summed E-state index contributed by atoms with van der Waals surface area (Å²) in [5.41, 5.74) is 0.551. The van der Waals surface area contributed by atoms with Crippen LogP contribution in [0.2, 0.25) is 0 Å². The van der Waals surface area contributed by atoms with Crippen LogP contribution in [0.5, 0.6) is 11.5 Å². The average Bonchev–Trinajstić information content (AvgIpc) is 2.58. The van der Waals surface area contributed by atoms with E-state index in [2.05, 4.69) is 21.2 Å². The standard InChI is InChI=1S/C17H20BrN3O4/c1-5-24-14-8-11(6-12(9-19)17(23)20-2)7-13(18)16(14)25-10-15(22)21(3)4/h6-8H,5,10H2,1-4H3,(H,20,23)/b12-6+. The van der Waals surface area contributed by atoms with Gasteiger partial charge in [0.15, 0.2) is 18.1 Å². The van der Waals surface area contributed by atoms with Crippen LogP contribution in [-0.2, 0) is 9.59 Å². The summed E-state index contributed by atoms with van der Waals surface area (Å²) in [6.07, 6.45) is 1.45. The minimum Gasteiger partial charge on any atom is -0.490 e. The zero-order chi connectivity index (χ0) is 19.0. The van der Waals surface area contributed by atoms with Gasteiger partial charge in [0, 0.05) is 21.1 Å². The predicted molar refractivity (Wildman–Crippen MR) is 97.2 cm³/mol. The molecule has 1 rings (SSSR count). The molecule has 134 valence electrons. The van der Waals surface area contributed by atoms with Crippen molar-refractivity contribution in [1.82, 2.24) is 10.2 Å². The Morgan fingerprint density at radius 3 is 2.56 bits per heavy atom. The first-order chi connectivity index (χ1) is 11.8. The van der Waals surface area contributed by atoms with Crippen molar-refractivity contribution >= 4 is 33.8 Å². The van der Waals surface area contributed by atoms with Crippen LogP contribution in [-0.4, -0.2) is 51.1 Å². The first-order valence-electron chi connectivity index (χ1n) is 7.47. The molecule has 0 heterocycles. The molecule has 1 aromatic rings. The fourth-order valence-corrected chi connectivity index (χ4v) is 2.36. The largest absolute Gasteiger partial charge is 0.490 e. The number of likely N-dealkylation sites (N-methyl/N-ethyl adjacent to an activating group) is 2. The van der Waals surface area contributed by atoms with Gasteiger partial charge in [-0.3, -0.25) is 9.59 Å². The lowest BCUT2D eigenvalue weighted by molar-refractivity contribution is -0.130. The topological polar surface area (TPSA) is 91.7 Å². The number of carbonyl (C=O) groups is 2. The second-order valence-corrected chi connectivity index (χ2v) is 5.94. The minimum atomic E-state index is -0.478. The number of nitrogens with zero attached hydrogens (tertiary/aromatic N) is 2. The molecule has 0 fully saturated rings. The third-order valence-corrected chi connectivity index (χ3v) is 3.66. The zero-order valence-electron chi connectivity index (χ0n) is 14.6. The minimum absolute atomic E-state index is 0.0340. The van der Waals surface area contributed by atoms with Gasteiger partial charge in [0.2, 0.25) is 0 Å². The lowest BCUT2D eigenvalue weighted by atomic mass is 10.1. The number of ether oxygens (including phenoxy) is 2. The maximum absolute atomic E-state index is 11.7. The Bertz CT molecular complexity index is 723. The first-order valence-corrected chi connectivity index (χ1v) is 8.26. The second-order valence-electron chi connectivity index (χ2n) is 5.09. The number of amides is 2. The molecule has 7 nitrogen and oxygen atoms in total. The van der Waals surface area contributed by atoms with Crippen LogP contribution in [0.1, 0.15) is 12.5 Å². The van der Waals surface area contributed by atoms with Crippen LogP contribution >= 0.6 is 15.9 Å². The first kappa shape index (κ1) is 20.5. The highest BCUT2D eigenvalue weighted by Gasteiger charge is 2.15. The van der Waals surface area contributed by atoms with E-state index >= 15 is 0 Å². The van der Waals surface area contributed by atoms with Gasteiger partial charge in [-0.2, -0.15) is 5.26 Å². The van der Waals surface area contributed by atoms with Crippen LogP contribution < -0.4 is 14.8 Å². The fraction of sp³-hybridized carbons (Fsp3) is 0.353. The Labute approximate surface area is 155 Å². The van der Waals surface area contributed by atoms with Crippen molar-refractivity contribution in [1.29, 1.82) is 5.26 Å². The highest BCUT2D eigenvalue weighted by atomic mass is 79.9. The van der Waals surface area contributed by atoms with E-state index in [1.54, 1.807) is 26.2 Å². The van der Waals surface area contributed by atoms with Crippen molar-refractivity contribution in [3.05, 3.63) is 27.7 Å². The van der Waals surface area contributed by atoms with Gasteiger partial charge in [-0.25, -0.2) is 0 Å². The Kier molecular flexibility index (Phi) is 7.95. The summed E-state index contributed by atoms with van der Waals surface area (Å²) in [4.78, 5) is 24.8. The van der Waals surface area contributed by atoms with Gasteiger partial charge in [0.1, 0.15) is 11.6 Å². The molecule has 8 heteroatoms. The van der Waals surface area contributed by atoms with E-state index in [-0.39, 0.29) is 18.1 Å². The maximum Gasteiger partial charge on any atom is 0.261 e. The SMILES string of the molecule is CCOc1cc(/C=C(\C#N)C(=O)NC)cc(Br)c1OCC(=O)N(C)C. The number of halogens is 1. The van der Waals surface area contributed by atoms with Gasteiger partial charge < -0.3 is 19.7 Å². The Hall–Kier alpha value is -2.53. The Morgan fingerprint density at radius 2 is 2.04 bits per heavy atom. The summed E-state index contributed by atoms with van der Waals surface area (Å²) in [5.74, 6) is 0.120. The van der Waals surface area contributed by atoms with E-state index < -0.39 is 5.91 Å². The van der Waals surface area contributed by atoms with E-state index in [0.29, 0.717) is 28.1 Å². The highest BCUT2D eigenvalue weighted by molar-refractivity contribution is 9.10. The van der Waals surface area contributed by atoms with Gasteiger partial charge in [0.25, 0.3) is 11.8 Å². The molecule has 0 atom stereocenters. The van der Waals surface area contributed by atoms with E-state index in [0.717, 1.165) is 0 Å². The van der Waals surface area contributed by atoms with Crippen molar-refractivity contribution in [3.8, 4) is 17.6 Å². The highest BCUT2D eigenvalue weighted by Crippen LogP contribution is 2.37. The van der Waals surface area contributed by atoms with E-state index in [9.17, 15) is 9.59 Å². The number of rotatable bonds is 7. The summed E-state index contributed by atoms with van der Waals surface area (Å²) in [5, 5.41) is 11.5. The molecule has 25 heavy (non-hydrogen) atoms. The van der Waals surface area contributed by atoms with Crippen molar-refractivity contribution in [2.75, 3.05) is 34.4 Å². The van der Waals surface area contributed by atoms with Gasteiger partial charge in [-0.05, 0) is 46.6 Å². The molecule has 2 amide bonds. The van der Waals surface area contributed by atoms with Gasteiger partial charge in [-0.1, -0.05) is 0 Å². The number of benzene rings is 1. The molecule has 0 aromatic heterocycles. The normalized spacial score (nSPS) is 10.6. The summed E-state index contributed by atoms with van der Waals surface area (Å²) < 4.78 is 11.7. The number of nitriles is 1. The van der Waals surface area contributed by atoms with Crippen LogP contribution in [0, 0.1) is 11.3 Å². The molecule has 1 aromatic carbocycles. The molecule has 1 N–H and O–H groups in total. The number of carbonyl (C=O) groups excluding carboxylic acids is 2. The van der Waals surface area contributed by atoms with Crippen molar-refractivity contribution in [2.45, 2.75) is 6.92 Å². The second kappa shape index (κ2) is 9.69. The molecule has 0 aliphatic heterocycles. The van der Waals surface area contributed by atoms with Crippen LogP contribution in [0.25, 0.3) is 6.08 Å². The van der Waals surface area contributed by atoms with Crippen LogP contribution in [0.15, 0.2) is 22.2 Å². The van der Waals surface area contributed by atoms with Crippen LogP contribution in [0.3, 0.4) is 0 Å². The van der Waals surface area contributed by atoms with Gasteiger partial charge in [0.05, 0.1) is 11.1 Å². The number of hydrogen-bond acceptors (Lipinski definition) is 5. The van der Waals surface area contributed by atoms with Crippen molar-refractivity contribution in [2.24, 2.45) is 0 Å². The third kappa shape index (κ3) is 5.80. The Balaban J connectivity index is 3.22. The fourth-order valence-electron chi connectivity index (χ4n) is 1.79. The monoisotopic (exact) mass is 409 g/mol. The third-order valence-electron chi connectivity index (χ3n) is 3.07. The van der Waals surface area contributed by atoms with Crippen molar-refractivity contribution in [3.63, 3.8) is 0 Å². The lowest BCUT2D eigenvalue weighted by Gasteiger charge is -2.16. The van der Waals surface area contributed by atoms with E-state index in [4.69, 9.17) is 14.7 Å². The molecule has 0 saturated heterocycles. The zero-order valence-corrected chi connectivity index (χ0v) is 16.1. The molecule has 0 saturated carbocycles. The summed E-state index contributed by atoms with van der Waals surface area (Å²) in [7, 11) is 4.73. The smallest absolute Gasteiger partial charge is 0.261 e. The van der Waals surface area contributed by atoms with E-state index in [1.807, 2.05) is 13.0 Å². The maximum atomic E-state index is 11.7. The molecule has 0 radical (unpaired) electrons. The molecular weight excluding hydrogens is 390 g/mol. The Morgan fingerprint density at radius 1 is 1.36 bits per heavy atom. The number of nitrogens with one attached hydrogen (secondary N) is 1. The van der Waals surface area contributed by atoms with Crippen molar-refractivity contribution < 1.29 is 19.1 Å². The molecule has 0 spiro atoms. The molecule has 0 unspecified atom stereocenters. The number of hydrogen-bond donors (Lipinski definition) is 1. The van der Waals surface area contributed by atoms with Gasteiger partial charge >= 0.3 is 0 Å². The molecule has 0 bridgehead atoms.